The maximum absolute atomic E-state index is 12.0. The summed E-state index contributed by atoms with van der Waals surface area (Å²) in [5.74, 6) is 1.04. The summed E-state index contributed by atoms with van der Waals surface area (Å²) < 4.78 is 5.05. The number of methoxy groups -OCH3 is 1. The largest absolute Gasteiger partial charge is 0.508 e. The fraction of sp³-hybridized carbons (Fsp3) is 0.188. The average Bonchev–Trinajstić information content (AvgIpc) is 2.46. The molecule has 98 valence electrons. The molecule has 1 N–H and O–H groups in total. The van der Waals surface area contributed by atoms with Crippen LogP contribution in [0.4, 0.5) is 0 Å². The molecule has 3 heteroatoms. The number of carbonyl (C=O) groups excluding carboxylic acids is 1. The first-order valence-electron chi connectivity index (χ1n) is 6.15. The van der Waals surface area contributed by atoms with E-state index in [1.165, 1.54) is 0 Å². The molecule has 3 nitrogen and oxygen atoms in total. The SMILES string of the molecule is COc1ccc(C(=O)CCc2ccccc2O)cc1. The summed E-state index contributed by atoms with van der Waals surface area (Å²) in [6, 6.07) is 14.1. The van der Waals surface area contributed by atoms with Crippen LogP contribution in [-0.2, 0) is 6.42 Å². The van der Waals surface area contributed by atoms with Gasteiger partial charge in [0.05, 0.1) is 7.11 Å². The standard InChI is InChI=1S/C16H16O3/c1-19-14-9-6-13(7-10-14)16(18)11-8-12-4-2-3-5-15(12)17/h2-7,9-10,17H,8,11H2,1H3. The lowest BCUT2D eigenvalue weighted by Gasteiger charge is -2.05. The number of phenols is 1. The predicted molar refractivity (Wildman–Crippen MR) is 73.8 cm³/mol. The summed E-state index contributed by atoms with van der Waals surface area (Å²) >= 11 is 0. The molecule has 0 aliphatic rings. The molecule has 0 fully saturated rings. The van der Waals surface area contributed by atoms with Gasteiger partial charge in [0.1, 0.15) is 11.5 Å². The maximum Gasteiger partial charge on any atom is 0.163 e. The Bertz CT molecular complexity index is 558. The fourth-order valence-corrected chi connectivity index (χ4v) is 1.89. The molecule has 0 heterocycles. The van der Waals surface area contributed by atoms with Crippen molar-refractivity contribution in [1.29, 1.82) is 0 Å². The molecule has 0 bridgehead atoms. The van der Waals surface area contributed by atoms with Crippen LogP contribution in [0, 0.1) is 0 Å². The molecule has 2 rings (SSSR count). The zero-order valence-electron chi connectivity index (χ0n) is 10.8. The van der Waals surface area contributed by atoms with Gasteiger partial charge >= 0.3 is 0 Å². The van der Waals surface area contributed by atoms with Gasteiger partial charge in [-0.3, -0.25) is 4.79 Å². The van der Waals surface area contributed by atoms with Crippen molar-refractivity contribution in [2.75, 3.05) is 7.11 Å². The van der Waals surface area contributed by atoms with Crippen LogP contribution >= 0.6 is 0 Å². The van der Waals surface area contributed by atoms with Crippen molar-refractivity contribution in [3.63, 3.8) is 0 Å². The lowest BCUT2D eigenvalue weighted by molar-refractivity contribution is 0.0982. The number of hydrogen-bond acceptors (Lipinski definition) is 3. The lowest BCUT2D eigenvalue weighted by Crippen LogP contribution is -2.01. The molecule has 0 amide bonds. The van der Waals surface area contributed by atoms with Crippen molar-refractivity contribution in [2.45, 2.75) is 12.8 Å². The number of benzene rings is 2. The Morgan fingerprint density at radius 3 is 2.42 bits per heavy atom. The third-order valence-electron chi connectivity index (χ3n) is 3.03. The molecule has 2 aromatic rings. The van der Waals surface area contributed by atoms with Crippen LogP contribution in [0.15, 0.2) is 48.5 Å². The molecule has 2 aromatic carbocycles. The number of aryl methyl sites for hydroxylation is 1. The number of carbonyl (C=O) groups is 1. The van der Waals surface area contributed by atoms with Gasteiger partial charge in [-0.15, -0.1) is 0 Å². The van der Waals surface area contributed by atoms with Crippen molar-refractivity contribution < 1.29 is 14.6 Å². The van der Waals surface area contributed by atoms with Gasteiger partial charge in [0.25, 0.3) is 0 Å². The van der Waals surface area contributed by atoms with Crippen molar-refractivity contribution >= 4 is 5.78 Å². The monoisotopic (exact) mass is 256 g/mol. The Labute approximate surface area is 112 Å². The maximum atomic E-state index is 12.0. The van der Waals surface area contributed by atoms with Crippen LogP contribution in [-0.4, -0.2) is 18.0 Å². The molecule has 0 unspecified atom stereocenters. The second-order valence-corrected chi connectivity index (χ2v) is 4.28. The summed E-state index contributed by atoms with van der Waals surface area (Å²) in [7, 11) is 1.59. The van der Waals surface area contributed by atoms with Gasteiger partial charge in [-0.1, -0.05) is 18.2 Å². The minimum Gasteiger partial charge on any atom is -0.508 e. The molecule has 19 heavy (non-hydrogen) atoms. The second-order valence-electron chi connectivity index (χ2n) is 4.28. The number of rotatable bonds is 5. The highest BCUT2D eigenvalue weighted by atomic mass is 16.5. The van der Waals surface area contributed by atoms with E-state index in [9.17, 15) is 9.90 Å². The number of hydrogen-bond donors (Lipinski definition) is 1. The highest BCUT2D eigenvalue weighted by molar-refractivity contribution is 5.96. The number of Topliss-reactive ketones (excluding diaryl/α,β-unsaturated/α-hetero) is 1. The van der Waals surface area contributed by atoms with Gasteiger partial charge in [-0.25, -0.2) is 0 Å². The normalized spacial score (nSPS) is 10.2. The smallest absolute Gasteiger partial charge is 0.163 e. The third-order valence-corrected chi connectivity index (χ3v) is 3.03. The molecule has 0 spiro atoms. The third kappa shape index (κ3) is 3.35. The van der Waals surface area contributed by atoms with E-state index in [0.29, 0.717) is 18.4 Å². The van der Waals surface area contributed by atoms with Crippen LogP contribution in [0.1, 0.15) is 22.3 Å². The van der Waals surface area contributed by atoms with Crippen molar-refractivity contribution in [3.05, 3.63) is 59.7 Å². The Kier molecular flexibility index (Phi) is 4.18. The summed E-state index contributed by atoms with van der Waals surface area (Å²) in [4.78, 5) is 12.0. The van der Waals surface area contributed by atoms with E-state index in [1.807, 2.05) is 12.1 Å². The molecular formula is C16H16O3. The van der Waals surface area contributed by atoms with E-state index in [2.05, 4.69) is 0 Å². The van der Waals surface area contributed by atoms with Crippen molar-refractivity contribution in [2.24, 2.45) is 0 Å². The molecule has 0 saturated carbocycles. The Morgan fingerprint density at radius 2 is 1.79 bits per heavy atom. The van der Waals surface area contributed by atoms with Crippen molar-refractivity contribution in [1.82, 2.24) is 0 Å². The van der Waals surface area contributed by atoms with Crippen LogP contribution in [0.3, 0.4) is 0 Å². The average molecular weight is 256 g/mol. The Balaban J connectivity index is 1.99. The van der Waals surface area contributed by atoms with Gasteiger partial charge in [-0.2, -0.15) is 0 Å². The topological polar surface area (TPSA) is 46.5 Å². The van der Waals surface area contributed by atoms with E-state index in [4.69, 9.17) is 4.74 Å². The van der Waals surface area contributed by atoms with Crippen LogP contribution in [0.2, 0.25) is 0 Å². The summed E-state index contributed by atoms with van der Waals surface area (Å²) in [6.45, 7) is 0. The van der Waals surface area contributed by atoms with Crippen molar-refractivity contribution in [3.8, 4) is 11.5 Å². The molecule has 0 aromatic heterocycles. The zero-order valence-corrected chi connectivity index (χ0v) is 10.8. The second kappa shape index (κ2) is 6.05. The van der Waals surface area contributed by atoms with Gasteiger partial charge in [0, 0.05) is 12.0 Å². The van der Waals surface area contributed by atoms with E-state index < -0.39 is 0 Å². The van der Waals surface area contributed by atoms with Gasteiger partial charge in [0.15, 0.2) is 5.78 Å². The molecule has 0 atom stereocenters. The van der Waals surface area contributed by atoms with E-state index >= 15 is 0 Å². The van der Waals surface area contributed by atoms with Crippen LogP contribution in [0.25, 0.3) is 0 Å². The molecule has 0 saturated heterocycles. The summed E-state index contributed by atoms with van der Waals surface area (Å²) in [6.07, 6.45) is 0.918. The highest BCUT2D eigenvalue weighted by Gasteiger charge is 2.08. The molecule has 0 aliphatic carbocycles. The first-order valence-corrected chi connectivity index (χ1v) is 6.15. The predicted octanol–water partition coefficient (Wildman–Crippen LogP) is 3.22. The number of ether oxygens (including phenoxy) is 1. The molecule has 0 radical (unpaired) electrons. The zero-order chi connectivity index (χ0) is 13.7. The molecular weight excluding hydrogens is 240 g/mol. The van der Waals surface area contributed by atoms with Crippen LogP contribution < -0.4 is 4.74 Å². The number of phenolic OH excluding ortho intramolecular Hbond substituents is 1. The van der Waals surface area contributed by atoms with E-state index in [1.54, 1.807) is 43.5 Å². The number of ketones is 1. The quantitative estimate of drug-likeness (QED) is 0.835. The van der Waals surface area contributed by atoms with Gasteiger partial charge in [-0.05, 0) is 42.3 Å². The summed E-state index contributed by atoms with van der Waals surface area (Å²) in [5, 5.41) is 9.63. The van der Waals surface area contributed by atoms with Gasteiger partial charge in [0.2, 0.25) is 0 Å². The number of para-hydroxylation sites is 1. The van der Waals surface area contributed by atoms with Gasteiger partial charge < -0.3 is 9.84 Å². The fourth-order valence-electron chi connectivity index (χ4n) is 1.89. The highest BCUT2D eigenvalue weighted by Crippen LogP contribution is 2.19. The van der Waals surface area contributed by atoms with E-state index in [0.717, 1.165) is 11.3 Å². The lowest BCUT2D eigenvalue weighted by atomic mass is 10.0. The van der Waals surface area contributed by atoms with E-state index in [-0.39, 0.29) is 11.5 Å². The molecule has 0 aliphatic heterocycles. The Morgan fingerprint density at radius 1 is 1.11 bits per heavy atom. The first kappa shape index (κ1) is 13.1. The first-order chi connectivity index (χ1) is 9.20. The van der Waals surface area contributed by atoms with Crippen LogP contribution in [0.5, 0.6) is 11.5 Å². The minimum absolute atomic E-state index is 0.0610. The number of aromatic hydroxyl groups is 1. The Hall–Kier alpha value is -2.29. The minimum atomic E-state index is 0.0610. The summed E-state index contributed by atoms with van der Waals surface area (Å²) in [5.41, 5.74) is 1.46.